The lowest BCUT2D eigenvalue weighted by atomic mass is 9.99. The highest BCUT2D eigenvalue weighted by atomic mass is 35.5. The molecule has 3 nitrogen and oxygen atoms in total. The SMILES string of the molecule is Fc1ccc(C2=CCN(Cc3nc4cc(Cl)cc5c4n3CCC5)CC2)cc1. The van der Waals surface area contributed by atoms with Crippen LogP contribution in [0.25, 0.3) is 16.6 Å². The summed E-state index contributed by atoms with van der Waals surface area (Å²) in [4.78, 5) is 7.32. The Morgan fingerprint density at radius 1 is 1.07 bits per heavy atom. The van der Waals surface area contributed by atoms with Gasteiger partial charge in [0.2, 0.25) is 0 Å². The lowest BCUT2D eigenvalue weighted by Crippen LogP contribution is -2.29. The average molecular weight is 382 g/mol. The summed E-state index contributed by atoms with van der Waals surface area (Å²) >= 11 is 6.27. The summed E-state index contributed by atoms with van der Waals surface area (Å²) < 4.78 is 15.5. The smallest absolute Gasteiger partial charge is 0.124 e. The molecule has 0 atom stereocenters. The highest BCUT2D eigenvalue weighted by Gasteiger charge is 2.21. The minimum absolute atomic E-state index is 0.184. The highest BCUT2D eigenvalue weighted by molar-refractivity contribution is 6.31. The standard InChI is InChI=1S/C22H21ClFN3/c23-18-12-17-2-1-9-27-21(25-20(13-18)22(17)27)14-26-10-7-16(8-11-26)15-3-5-19(24)6-4-15/h3-7,12-13H,1-2,8-11,14H2. The van der Waals surface area contributed by atoms with Gasteiger partial charge >= 0.3 is 0 Å². The molecule has 0 amide bonds. The van der Waals surface area contributed by atoms with Crippen molar-refractivity contribution >= 4 is 28.2 Å². The van der Waals surface area contributed by atoms with E-state index in [1.807, 2.05) is 18.2 Å². The van der Waals surface area contributed by atoms with E-state index in [1.165, 1.54) is 28.8 Å². The largest absolute Gasteiger partial charge is 0.327 e. The molecule has 3 aromatic rings. The number of nitrogens with zero attached hydrogens (tertiary/aromatic N) is 3. The van der Waals surface area contributed by atoms with Crippen LogP contribution in [0.4, 0.5) is 4.39 Å². The van der Waals surface area contributed by atoms with Gasteiger partial charge in [0, 0.05) is 24.7 Å². The molecule has 3 heterocycles. The first kappa shape index (κ1) is 17.0. The normalized spacial score (nSPS) is 17.3. The van der Waals surface area contributed by atoms with Gasteiger partial charge in [0.25, 0.3) is 0 Å². The molecule has 2 aliphatic rings. The Morgan fingerprint density at radius 3 is 2.70 bits per heavy atom. The summed E-state index contributed by atoms with van der Waals surface area (Å²) in [7, 11) is 0. The molecule has 0 unspecified atom stereocenters. The first-order chi connectivity index (χ1) is 13.2. The number of imidazole rings is 1. The lowest BCUT2D eigenvalue weighted by Gasteiger charge is -2.27. The average Bonchev–Trinajstić information content (AvgIpc) is 3.02. The van der Waals surface area contributed by atoms with Gasteiger partial charge in [-0.2, -0.15) is 0 Å². The molecular weight excluding hydrogens is 361 g/mol. The molecule has 0 bridgehead atoms. The van der Waals surface area contributed by atoms with Gasteiger partial charge in [0.15, 0.2) is 0 Å². The van der Waals surface area contributed by atoms with Crippen molar-refractivity contribution in [3.63, 3.8) is 0 Å². The summed E-state index contributed by atoms with van der Waals surface area (Å²) in [5.74, 6) is 0.948. The van der Waals surface area contributed by atoms with Crippen molar-refractivity contribution in [3.05, 3.63) is 70.3 Å². The predicted molar refractivity (Wildman–Crippen MR) is 107 cm³/mol. The summed E-state index contributed by atoms with van der Waals surface area (Å²) in [6.07, 6.45) is 5.46. The molecular formula is C22H21ClFN3. The van der Waals surface area contributed by atoms with E-state index in [1.54, 1.807) is 0 Å². The van der Waals surface area contributed by atoms with Crippen molar-refractivity contribution in [3.8, 4) is 0 Å². The highest BCUT2D eigenvalue weighted by Crippen LogP contribution is 2.31. The number of halogens is 2. The molecule has 2 aromatic carbocycles. The third kappa shape index (κ3) is 3.17. The van der Waals surface area contributed by atoms with E-state index in [0.29, 0.717) is 0 Å². The molecule has 1 aromatic heterocycles. The second-order valence-electron chi connectivity index (χ2n) is 7.44. The van der Waals surface area contributed by atoms with Gasteiger partial charge in [-0.1, -0.05) is 29.8 Å². The van der Waals surface area contributed by atoms with Crippen LogP contribution in [0.15, 0.2) is 42.5 Å². The van der Waals surface area contributed by atoms with Crippen molar-refractivity contribution in [2.75, 3.05) is 13.1 Å². The number of aromatic nitrogens is 2. The maximum Gasteiger partial charge on any atom is 0.124 e. The van der Waals surface area contributed by atoms with Crippen LogP contribution in [0.1, 0.15) is 29.8 Å². The van der Waals surface area contributed by atoms with Crippen LogP contribution < -0.4 is 0 Å². The molecule has 5 heteroatoms. The molecule has 138 valence electrons. The summed E-state index contributed by atoms with van der Waals surface area (Å²) in [6, 6.07) is 10.9. The number of rotatable bonds is 3. The Kier molecular flexibility index (Phi) is 4.25. The lowest BCUT2D eigenvalue weighted by molar-refractivity contribution is 0.281. The predicted octanol–water partition coefficient (Wildman–Crippen LogP) is 5.06. The summed E-state index contributed by atoms with van der Waals surface area (Å²) in [5.41, 5.74) is 6.03. The number of aryl methyl sites for hydroxylation is 2. The third-order valence-corrected chi connectivity index (χ3v) is 5.88. The fourth-order valence-electron chi connectivity index (χ4n) is 4.33. The van der Waals surface area contributed by atoms with E-state index in [2.05, 4.69) is 21.6 Å². The van der Waals surface area contributed by atoms with Crippen molar-refractivity contribution in [1.82, 2.24) is 14.5 Å². The van der Waals surface area contributed by atoms with Crippen molar-refractivity contribution in [2.24, 2.45) is 0 Å². The number of hydrogen-bond acceptors (Lipinski definition) is 2. The van der Waals surface area contributed by atoms with Gasteiger partial charge < -0.3 is 4.57 Å². The maximum absolute atomic E-state index is 13.1. The second kappa shape index (κ2) is 6.77. The minimum atomic E-state index is -0.184. The zero-order valence-electron chi connectivity index (χ0n) is 15.1. The van der Waals surface area contributed by atoms with E-state index in [-0.39, 0.29) is 5.82 Å². The molecule has 0 fully saturated rings. The van der Waals surface area contributed by atoms with Gasteiger partial charge in [0.05, 0.1) is 17.6 Å². The van der Waals surface area contributed by atoms with Gasteiger partial charge in [-0.05, 0) is 60.2 Å². The Morgan fingerprint density at radius 2 is 1.93 bits per heavy atom. The molecule has 0 spiro atoms. The van der Waals surface area contributed by atoms with Crippen LogP contribution in [0, 0.1) is 5.82 Å². The molecule has 5 rings (SSSR count). The topological polar surface area (TPSA) is 21.1 Å². The van der Waals surface area contributed by atoms with Gasteiger partial charge in [-0.3, -0.25) is 4.90 Å². The molecule has 0 saturated carbocycles. The Bertz CT molecular complexity index is 1040. The van der Waals surface area contributed by atoms with Gasteiger partial charge in [-0.25, -0.2) is 9.37 Å². The third-order valence-electron chi connectivity index (χ3n) is 5.67. The quantitative estimate of drug-likeness (QED) is 0.632. The van der Waals surface area contributed by atoms with Gasteiger partial charge in [0.1, 0.15) is 11.6 Å². The van der Waals surface area contributed by atoms with Crippen LogP contribution >= 0.6 is 11.6 Å². The minimum Gasteiger partial charge on any atom is -0.327 e. The Labute approximate surface area is 163 Å². The van der Waals surface area contributed by atoms with E-state index in [9.17, 15) is 4.39 Å². The van der Waals surface area contributed by atoms with Crippen LogP contribution in [-0.4, -0.2) is 27.5 Å². The van der Waals surface area contributed by atoms with Crippen LogP contribution in [-0.2, 0) is 19.5 Å². The Hall–Kier alpha value is -2.17. The molecule has 2 aliphatic heterocycles. The maximum atomic E-state index is 13.1. The van der Waals surface area contributed by atoms with Crippen molar-refractivity contribution in [1.29, 1.82) is 0 Å². The fourth-order valence-corrected chi connectivity index (χ4v) is 4.56. The second-order valence-corrected chi connectivity index (χ2v) is 7.87. The number of benzene rings is 2. The van der Waals surface area contributed by atoms with Crippen LogP contribution in [0.3, 0.4) is 0 Å². The van der Waals surface area contributed by atoms with Crippen LogP contribution in [0.5, 0.6) is 0 Å². The van der Waals surface area contributed by atoms with Crippen LogP contribution in [0.2, 0.25) is 5.02 Å². The molecule has 27 heavy (non-hydrogen) atoms. The fraction of sp³-hybridized carbons (Fsp3) is 0.318. The molecule has 0 radical (unpaired) electrons. The van der Waals surface area contributed by atoms with Crippen molar-refractivity contribution in [2.45, 2.75) is 32.4 Å². The van der Waals surface area contributed by atoms with Crippen molar-refractivity contribution < 1.29 is 4.39 Å². The summed E-state index contributed by atoms with van der Waals surface area (Å²) in [6.45, 7) is 3.76. The van der Waals surface area contributed by atoms with E-state index in [4.69, 9.17) is 16.6 Å². The van der Waals surface area contributed by atoms with E-state index >= 15 is 0 Å². The first-order valence-electron chi connectivity index (χ1n) is 9.52. The zero-order chi connectivity index (χ0) is 18.4. The van der Waals surface area contributed by atoms with E-state index < -0.39 is 0 Å². The zero-order valence-corrected chi connectivity index (χ0v) is 15.8. The monoisotopic (exact) mass is 381 g/mol. The van der Waals surface area contributed by atoms with E-state index in [0.717, 1.165) is 67.4 Å². The summed E-state index contributed by atoms with van der Waals surface area (Å²) in [5, 5.41) is 0.778. The molecule has 0 aliphatic carbocycles. The molecule has 0 N–H and O–H groups in total. The first-order valence-corrected chi connectivity index (χ1v) is 9.90. The number of hydrogen-bond donors (Lipinski definition) is 0. The molecule has 0 saturated heterocycles. The van der Waals surface area contributed by atoms with Gasteiger partial charge in [-0.15, -0.1) is 0 Å². The Balaban J connectivity index is 1.38.